The topological polar surface area (TPSA) is 73.4 Å². The standard InChI is InChI=1S/C12H18N4O2/c1-8-11(13)12(17)16(8)9-5-14-15(6-9)7-10-3-2-4-18-10/h5-6,8,10-11H,2-4,7,13H2,1H3/t8-,10-,11-/m1/s1. The van der Waals surface area contributed by atoms with Crippen molar-refractivity contribution in [3.05, 3.63) is 12.4 Å². The van der Waals surface area contributed by atoms with Crippen LogP contribution in [0, 0.1) is 0 Å². The Hall–Kier alpha value is -1.40. The summed E-state index contributed by atoms with van der Waals surface area (Å²) in [6.07, 6.45) is 6.07. The molecular weight excluding hydrogens is 232 g/mol. The van der Waals surface area contributed by atoms with Gasteiger partial charge in [0.2, 0.25) is 5.91 Å². The highest BCUT2D eigenvalue weighted by Gasteiger charge is 2.43. The van der Waals surface area contributed by atoms with Crippen molar-refractivity contribution in [2.75, 3.05) is 11.5 Å². The molecule has 6 heteroatoms. The molecule has 2 aliphatic rings. The third-order valence-electron chi connectivity index (χ3n) is 3.76. The van der Waals surface area contributed by atoms with Gasteiger partial charge in [-0.15, -0.1) is 0 Å². The normalized spacial score (nSPS) is 31.8. The number of β-lactam (4-membered cyclic amide) rings is 1. The summed E-state index contributed by atoms with van der Waals surface area (Å²) >= 11 is 0. The zero-order valence-electron chi connectivity index (χ0n) is 10.5. The largest absolute Gasteiger partial charge is 0.376 e. The molecule has 0 aromatic carbocycles. The first-order valence-corrected chi connectivity index (χ1v) is 6.39. The SMILES string of the molecule is C[C@@H]1[C@@H](N)C(=O)N1c1cnn(C[C@H]2CCCO2)c1. The molecule has 1 amide bonds. The molecule has 2 saturated heterocycles. The highest BCUT2D eigenvalue weighted by atomic mass is 16.5. The van der Waals surface area contributed by atoms with Crippen LogP contribution < -0.4 is 10.6 Å². The van der Waals surface area contributed by atoms with E-state index in [4.69, 9.17) is 10.5 Å². The number of hydrogen-bond acceptors (Lipinski definition) is 4. The Balaban J connectivity index is 1.68. The van der Waals surface area contributed by atoms with Crippen LogP contribution in [0.2, 0.25) is 0 Å². The van der Waals surface area contributed by atoms with E-state index in [0.717, 1.165) is 31.7 Å². The lowest BCUT2D eigenvalue weighted by atomic mass is 9.97. The Morgan fingerprint density at radius 1 is 1.61 bits per heavy atom. The summed E-state index contributed by atoms with van der Waals surface area (Å²) in [5.41, 5.74) is 6.52. The van der Waals surface area contributed by atoms with E-state index >= 15 is 0 Å². The van der Waals surface area contributed by atoms with Gasteiger partial charge in [-0.3, -0.25) is 9.48 Å². The van der Waals surface area contributed by atoms with Crippen LogP contribution in [0.3, 0.4) is 0 Å². The minimum atomic E-state index is -0.369. The third kappa shape index (κ3) is 1.81. The Kier molecular flexibility index (Phi) is 2.83. The summed E-state index contributed by atoms with van der Waals surface area (Å²) in [7, 11) is 0. The van der Waals surface area contributed by atoms with Crippen LogP contribution in [-0.4, -0.2) is 40.5 Å². The lowest BCUT2D eigenvalue weighted by Gasteiger charge is -2.42. The van der Waals surface area contributed by atoms with E-state index in [9.17, 15) is 4.79 Å². The Bertz CT molecular complexity index is 453. The van der Waals surface area contributed by atoms with Crippen molar-refractivity contribution < 1.29 is 9.53 Å². The average Bonchev–Trinajstić information content (AvgIpc) is 3.02. The van der Waals surface area contributed by atoms with Crippen LogP contribution in [-0.2, 0) is 16.1 Å². The van der Waals surface area contributed by atoms with Crippen LogP contribution in [0.1, 0.15) is 19.8 Å². The van der Waals surface area contributed by atoms with E-state index in [1.807, 2.05) is 17.8 Å². The predicted molar refractivity (Wildman–Crippen MR) is 66.1 cm³/mol. The zero-order chi connectivity index (χ0) is 12.7. The number of carbonyl (C=O) groups excluding carboxylic acids is 1. The fourth-order valence-corrected chi connectivity index (χ4v) is 2.58. The van der Waals surface area contributed by atoms with E-state index < -0.39 is 0 Å². The number of hydrogen-bond donors (Lipinski definition) is 1. The molecule has 0 spiro atoms. The lowest BCUT2D eigenvalue weighted by molar-refractivity contribution is -0.125. The van der Waals surface area contributed by atoms with Gasteiger partial charge in [-0.05, 0) is 19.8 Å². The molecule has 2 N–H and O–H groups in total. The van der Waals surface area contributed by atoms with Gasteiger partial charge in [0.15, 0.2) is 0 Å². The van der Waals surface area contributed by atoms with Crippen molar-refractivity contribution in [2.24, 2.45) is 5.73 Å². The zero-order valence-corrected chi connectivity index (χ0v) is 10.5. The second kappa shape index (κ2) is 4.37. The Labute approximate surface area is 106 Å². The van der Waals surface area contributed by atoms with Crippen molar-refractivity contribution in [3.8, 4) is 0 Å². The van der Waals surface area contributed by atoms with Crippen molar-refractivity contribution in [2.45, 2.75) is 44.5 Å². The number of anilines is 1. The first-order chi connectivity index (χ1) is 8.66. The molecule has 18 heavy (non-hydrogen) atoms. The molecule has 3 atom stereocenters. The van der Waals surface area contributed by atoms with Gasteiger partial charge in [-0.1, -0.05) is 0 Å². The second-order valence-electron chi connectivity index (χ2n) is 5.03. The number of nitrogens with two attached hydrogens (primary N) is 1. The average molecular weight is 250 g/mol. The minimum absolute atomic E-state index is 0.0285. The quantitative estimate of drug-likeness (QED) is 0.774. The molecule has 0 bridgehead atoms. The Morgan fingerprint density at radius 3 is 3.11 bits per heavy atom. The van der Waals surface area contributed by atoms with Crippen molar-refractivity contribution in [1.29, 1.82) is 0 Å². The minimum Gasteiger partial charge on any atom is -0.376 e. The van der Waals surface area contributed by atoms with E-state index in [2.05, 4.69) is 5.10 Å². The Morgan fingerprint density at radius 2 is 2.44 bits per heavy atom. The van der Waals surface area contributed by atoms with Gasteiger partial charge in [0.25, 0.3) is 0 Å². The molecule has 1 aromatic rings. The summed E-state index contributed by atoms with van der Waals surface area (Å²) < 4.78 is 7.41. The third-order valence-corrected chi connectivity index (χ3v) is 3.76. The molecule has 0 aliphatic carbocycles. The summed E-state index contributed by atoms with van der Waals surface area (Å²) in [5.74, 6) is -0.0285. The predicted octanol–water partition coefficient (Wildman–Crippen LogP) is 0.124. The molecule has 3 heterocycles. The molecule has 0 unspecified atom stereocenters. The van der Waals surface area contributed by atoms with Gasteiger partial charge in [-0.2, -0.15) is 5.10 Å². The fourth-order valence-electron chi connectivity index (χ4n) is 2.58. The van der Waals surface area contributed by atoms with Crippen molar-refractivity contribution >= 4 is 11.6 Å². The number of rotatable bonds is 3. The lowest BCUT2D eigenvalue weighted by Crippen LogP contribution is -2.67. The molecule has 1 aromatic heterocycles. The van der Waals surface area contributed by atoms with E-state index in [1.54, 1.807) is 11.1 Å². The van der Waals surface area contributed by atoms with Gasteiger partial charge in [-0.25, -0.2) is 0 Å². The fraction of sp³-hybridized carbons (Fsp3) is 0.667. The maximum Gasteiger partial charge on any atom is 0.246 e. The monoisotopic (exact) mass is 250 g/mol. The number of nitrogens with zero attached hydrogens (tertiary/aromatic N) is 3. The van der Waals surface area contributed by atoms with E-state index in [-0.39, 0.29) is 24.1 Å². The maximum absolute atomic E-state index is 11.7. The molecule has 0 saturated carbocycles. The highest BCUT2D eigenvalue weighted by Crippen LogP contribution is 2.26. The van der Waals surface area contributed by atoms with Crippen molar-refractivity contribution in [1.82, 2.24) is 9.78 Å². The number of carbonyl (C=O) groups is 1. The van der Waals surface area contributed by atoms with Gasteiger partial charge < -0.3 is 15.4 Å². The summed E-state index contributed by atoms with van der Waals surface area (Å²) in [5, 5.41) is 4.28. The van der Waals surface area contributed by atoms with Gasteiger partial charge in [0.1, 0.15) is 6.04 Å². The molecule has 0 radical (unpaired) electrons. The summed E-state index contributed by atoms with van der Waals surface area (Å²) in [6.45, 7) is 3.54. The second-order valence-corrected chi connectivity index (χ2v) is 5.03. The van der Waals surface area contributed by atoms with Crippen LogP contribution in [0.15, 0.2) is 12.4 Å². The van der Waals surface area contributed by atoms with Gasteiger partial charge >= 0.3 is 0 Å². The first kappa shape index (κ1) is 11.7. The van der Waals surface area contributed by atoms with Crippen LogP contribution in [0.25, 0.3) is 0 Å². The molecule has 2 fully saturated rings. The smallest absolute Gasteiger partial charge is 0.246 e. The maximum atomic E-state index is 11.7. The van der Waals surface area contributed by atoms with Crippen LogP contribution in [0.5, 0.6) is 0 Å². The van der Waals surface area contributed by atoms with E-state index in [0.29, 0.717) is 0 Å². The number of amides is 1. The van der Waals surface area contributed by atoms with Crippen LogP contribution in [0.4, 0.5) is 5.69 Å². The molecule has 98 valence electrons. The molecule has 2 aliphatic heterocycles. The first-order valence-electron chi connectivity index (χ1n) is 6.39. The summed E-state index contributed by atoms with van der Waals surface area (Å²) in [4.78, 5) is 13.4. The van der Waals surface area contributed by atoms with Crippen LogP contribution >= 0.6 is 0 Å². The highest BCUT2D eigenvalue weighted by molar-refractivity contribution is 6.05. The van der Waals surface area contributed by atoms with E-state index in [1.165, 1.54) is 0 Å². The van der Waals surface area contributed by atoms with Gasteiger partial charge in [0, 0.05) is 12.8 Å². The summed E-state index contributed by atoms with van der Waals surface area (Å²) in [6, 6.07) is -0.315. The molecule has 6 nitrogen and oxygen atoms in total. The number of aromatic nitrogens is 2. The molecular formula is C12H18N4O2. The number of ether oxygens (including phenoxy) is 1. The van der Waals surface area contributed by atoms with Crippen molar-refractivity contribution in [3.63, 3.8) is 0 Å². The van der Waals surface area contributed by atoms with Gasteiger partial charge in [0.05, 0.1) is 30.6 Å². The molecule has 3 rings (SSSR count).